The average Bonchev–Trinajstić information content (AvgIpc) is 3.04. The standard InChI is InChI=1S/C16H11NO5S/c18-11-6-7-21-14(12-15(16(19)20)23-9-17-12)13(11)22-8-10-4-2-1-3-5-10/h1-7,9H,8H2,(H,19,20). The van der Waals surface area contributed by atoms with Crippen LogP contribution in [0.4, 0.5) is 0 Å². The van der Waals surface area contributed by atoms with Crippen LogP contribution in [0.1, 0.15) is 15.2 Å². The molecule has 3 aromatic rings. The van der Waals surface area contributed by atoms with Gasteiger partial charge in [0.05, 0.1) is 11.8 Å². The van der Waals surface area contributed by atoms with Gasteiger partial charge in [-0.2, -0.15) is 0 Å². The number of benzene rings is 1. The molecule has 1 aromatic carbocycles. The van der Waals surface area contributed by atoms with Gasteiger partial charge >= 0.3 is 5.97 Å². The Morgan fingerprint density at radius 3 is 2.78 bits per heavy atom. The minimum absolute atomic E-state index is 0.0103. The maximum Gasteiger partial charge on any atom is 0.348 e. The second-order valence-corrected chi connectivity index (χ2v) is 5.41. The monoisotopic (exact) mass is 329 g/mol. The van der Waals surface area contributed by atoms with Gasteiger partial charge in [0.1, 0.15) is 17.2 Å². The number of rotatable bonds is 5. The van der Waals surface area contributed by atoms with Crippen LogP contribution in [0.2, 0.25) is 0 Å². The van der Waals surface area contributed by atoms with Crippen LogP contribution in [0.25, 0.3) is 11.5 Å². The zero-order valence-electron chi connectivity index (χ0n) is 11.8. The molecule has 23 heavy (non-hydrogen) atoms. The van der Waals surface area contributed by atoms with Crippen molar-refractivity contribution in [3.63, 3.8) is 0 Å². The van der Waals surface area contributed by atoms with Gasteiger partial charge < -0.3 is 14.3 Å². The highest BCUT2D eigenvalue weighted by molar-refractivity contribution is 7.12. The summed E-state index contributed by atoms with van der Waals surface area (Å²) in [6, 6.07) is 10.5. The quantitative estimate of drug-likeness (QED) is 0.774. The van der Waals surface area contributed by atoms with E-state index in [0.717, 1.165) is 16.9 Å². The van der Waals surface area contributed by atoms with Crippen LogP contribution in [0.5, 0.6) is 5.75 Å². The van der Waals surface area contributed by atoms with Gasteiger partial charge in [-0.05, 0) is 5.56 Å². The summed E-state index contributed by atoms with van der Waals surface area (Å²) in [5, 5.41) is 9.19. The fourth-order valence-corrected chi connectivity index (χ4v) is 2.62. The largest absolute Gasteiger partial charge is 0.481 e. The minimum Gasteiger partial charge on any atom is -0.481 e. The van der Waals surface area contributed by atoms with Gasteiger partial charge in [-0.3, -0.25) is 4.79 Å². The van der Waals surface area contributed by atoms with Gasteiger partial charge in [0.15, 0.2) is 5.76 Å². The van der Waals surface area contributed by atoms with E-state index in [9.17, 15) is 14.7 Å². The molecule has 2 aromatic heterocycles. The summed E-state index contributed by atoms with van der Waals surface area (Å²) in [5.74, 6) is -1.17. The number of thiazole rings is 1. The molecule has 0 radical (unpaired) electrons. The Labute approximate surface area is 134 Å². The molecule has 0 aliphatic heterocycles. The van der Waals surface area contributed by atoms with Crippen molar-refractivity contribution >= 4 is 17.3 Å². The van der Waals surface area contributed by atoms with Crippen molar-refractivity contribution in [2.75, 3.05) is 0 Å². The third-order valence-electron chi connectivity index (χ3n) is 3.04. The predicted octanol–water partition coefficient (Wildman–Crippen LogP) is 3.04. The van der Waals surface area contributed by atoms with Crippen LogP contribution in [-0.4, -0.2) is 16.1 Å². The van der Waals surface area contributed by atoms with Crippen molar-refractivity contribution in [2.24, 2.45) is 0 Å². The maximum absolute atomic E-state index is 12.1. The van der Waals surface area contributed by atoms with Gasteiger partial charge in [0.25, 0.3) is 0 Å². The van der Waals surface area contributed by atoms with Crippen LogP contribution in [0.3, 0.4) is 0 Å². The molecule has 7 heteroatoms. The normalized spacial score (nSPS) is 10.4. The smallest absolute Gasteiger partial charge is 0.348 e. The summed E-state index contributed by atoms with van der Waals surface area (Å²) in [7, 11) is 0. The molecule has 0 saturated carbocycles. The summed E-state index contributed by atoms with van der Waals surface area (Å²) in [6.07, 6.45) is 1.19. The summed E-state index contributed by atoms with van der Waals surface area (Å²) in [6.45, 7) is 0.162. The molecular weight excluding hydrogens is 318 g/mol. The minimum atomic E-state index is -1.14. The van der Waals surface area contributed by atoms with Gasteiger partial charge in [-0.15, -0.1) is 11.3 Å². The lowest BCUT2D eigenvalue weighted by atomic mass is 10.2. The Bertz CT molecular complexity index is 885. The highest BCUT2D eigenvalue weighted by Crippen LogP contribution is 2.31. The van der Waals surface area contributed by atoms with Crippen molar-refractivity contribution in [1.82, 2.24) is 4.98 Å². The number of carboxylic acid groups (broad SMARTS) is 1. The Kier molecular flexibility index (Phi) is 4.20. The number of hydrogen-bond donors (Lipinski definition) is 1. The first-order valence-corrected chi connectivity index (χ1v) is 7.50. The second-order valence-electron chi connectivity index (χ2n) is 4.55. The topological polar surface area (TPSA) is 89.6 Å². The van der Waals surface area contributed by atoms with Crippen LogP contribution < -0.4 is 10.2 Å². The number of ether oxygens (including phenoxy) is 1. The third-order valence-corrected chi connectivity index (χ3v) is 3.85. The maximum atomic E-state index is 12.1. The molecule has 0 atom stereocenters. The van der Waals surface area contributed by atoms with E-state index in [1.165, 1.54) is 17.8 Å². The van der Waals surface area contributed by atoms with Crippen molar-refractivity contribution in [1.29, 1.82) is 0 Å². The van der Waals surface area contributed by atoms with E-state index in [4.69, 9.17) is 9.15 Å². The molecule has 0 unspecified atom stereocenters. The Hall–Kier alpha value is -2.93. The van der Waals surface area contributed by atoms with E-state index in [0.29, 0.717) is 0 Å². The van der Waals surface area contributed by atoms with Crippen LogP contribution >= 0.6 is 11.3 Å². The van der Waals surface area contributed by atoms with E-state index in [2.05, 4.69) is 4.98 Å². The number of aromatic nitrogens is 1. The Balaban J connectivity index is 1.99. The zero-order valence-corrected chi connectivity index (χ0v) is 12.6. The molecule has 0 saturated heterocycles. The fraction of sp³-hybridized carbons (Fsp3) is 0.0625. The Morgan fingerprint density at radius 1 is 1.26 bits per heavy atom. The summed E-state index contributed by atoms with van der Waals surface area (Å²) in [5.41, 5.74) is 1.94. The molecule has 6 nitrogen and oxygen atoms in total. The molecule has 0 aliphatic rings. The fourth-order valence-electron chi connectivity index (χ4n) is 1.99. The average molecular weight is 329 g/mol. The highest BCUT2D eigenvalue weighted by atomic mass is 32.1. The Morgan fingerprint density at radius 2 is 2.04 bits per heavy atom. The van der Waals surface area contributed by atoms with Gasteiger partial charge in [0, 0.05) is 6.07 Å². The summed E-state index contributed by atoms with van der Waals surface area (Å²) < 4.78 is 10.9. The molecule has 0 fully saturated rings. The second kappa shape index (κ2) is 6.45. The molecule has 0 bridgehead atoms. The number of carboxylic acids is 1. The lowest BCUT2D eigenvalue weighted by Crippen LogP contribution is -2.09. The van der Waals surface area contributed by atoms with Crippen molar-refractivity contribution in [3.8, 4) is 17.2 Å². The summed E-state index contributed by atoms with van der Waals surface area (Å²) in [4.78, 5) is 27.3. The van der Waals surface area contributed by atoms with E-state index in [1.54, 1.807) is 0 Å². The van der Waals surface area contributed by atoms with E-state index in [1.807, 2.05) is 30.3 Å². The van der Waals surface area contributed by atoms with E-state index in [-0.39, 0.29) is 28.7 Å². The molecule has 0 aliphatic carbocycles. The number of aromatic carboxylic acids is 1. The van der Waals surface area contributed by atoms with Crippen LogP contribution in [0, 0.1) is 0 Å². The number of nitrogens with zero attached hydrogens (tertiary/aromatic N) is 1. The molecule has 2 heterocycles. The van der Waals surface area contributed by atoms with Gasteiger partial charge in [-0.1, -0.05) is 30.3 Å². The SMILES string of the molecule is O=C(O)c1scnc1-c1occc(=O)c1OCc1ccccc1. The van der Waals surface area contributed by atoms with E-state index < -0.39 is 11.4 Å². The lowest BCUT2D eigenvalue weighted by Gasteiger charge is -2.08. The molecule has 3 rings (SSSR count). The first-order valence-electron chi connectivity index (χ1n) is 6.62. The number of carbonyl (C=O) groups is 1. The van der Waals surface area contributed by atoms with Gasteiger partial charge in [-0.25, -0.2) is 9.78 Å². The molecule has 116 valence electrons. The highest BCUT2D eigenvalue weighted by Gasteiger charge is 2.22. The lowest BCUT2D eigenvalue weighted by molar-refractivity contribution is 0.0702. The predicted molar refractivity (Wildman–Crippen MR) is 83.8 cm³/mol. The van der Waals surface area contributed by atoms with Crippen LogP contribution in [0.15, 0.2) is 57.4 Å². The van der Waals surface area contributed by atoms with Crippen LogP contribution in [-0.2, 0) is 6.61 Å². The molecular formula is C16H11NO5S. The van der Waals surface area contributed by atoms with Crippen molar-refractivity contribution < 1.29 is 19.1 Å². The summed E-state index contributed by atoms with van der Waals surface area (Å²) >= 11 is 0.953. The molecule has 1 N–H and O–H groups in total. The molecule has 0 amide bonds. The number of hydrogen-bond acceptors (Lipinski definition) is 6. The molecule has 0 spiro atoms. The van der Waals surface area contributed by atoms with Crippen molar-refractivity contribution in [2.45, 2.75) is 6.61 Å². The third kappa shape index (κ3) is 3.14. The van der Waals surface area contributed by atoms with E-state index >= 15 is 0 Å². The van der Waals surface area contributed by atoms with Gasteiger partial charge in [0.2, 0.25) is 11.2 Å². The first-order chi connectivity index (χ1) is 11.2. The first kappa shape index (κ1) is 15.0. The zero-order chi connectivity index (χ0) is 16.2. The van der Waals surface area contributed by atoms with Crippen molar-refractivity contribution in [3.05, 3.63) is 68.8 Å².